The zero-order chi connectivity index (χ0) is 20.1. The Hall–Kier alpha value is -3.41. The fourth-order valence-corrected chi connectivity index (χ4v) is 3.43. The van der Waals surface area contributed by atoms with Crippen LogP contribution in [0, 0.1) is 6.92 Å². The standard InChI is InChI=1S/C23H24N4O2/c1-18-5-2-6-19(15-18)17-29-21-8-3-7-20(16-21)22(28)26-11-13-27(14-12-26)23-24-9-4-10-25-23/h2-10,15-16H,11-14,17H2,1H3. The van der Waals surface area contributed by atoms with Gasteiger partial charge in [0.1, 0.15) is 12.4 Å². The molecule has 0 spiro atoms. The highest BCUT2D eigenvalue weighted by Gasteiger charge is 2.23. The van der Waals surface area contributed by atoms with Crippen LogP contribution in [0.5, 0.6) is 5.75 Å². The smallest absolute Gasteiger partial charge is 0.254 e. The number of carbonyl (C=O) groups excluding carboxylic acids is 1. The van der Waals surface area contributed by atoms with Crippen LogP contribution in [0.1, 0.15) is 21.5 Å². The molecule has 3 aromatic rings. The van der Waals surface area contributed by atoms with E-state index in [9.17, 15) is 4.79 Å². The predicted octanol–water partition coefficient (Wildman–Crippen LogP) is 3.33. The monoisotopic (exact) mass is 388 g/mol. The maximum absolute atomic E-state index is 12.9. The molecule has 0 aliphatic carbocycles. The largest absolute Gasteiger partial charge is 0.489 e. The fourth-order valence-electron chi connectivity index (χ4n) is 3.43. The molecule has 2 aromatic carbocycles. The van der Waals surface area contributed by atoms with E-state index >= 15 is 0 Å². The number of aryl methyl sites for hydroxylation is 1. The molecule has 1 amide bonds. The lowest BCUT2D eigenvalue weighted by Gasteiger charge is -2.34. The Kier molecular flexibility index (Phi) is 5.70. The highest BCUT2D eigenvalue weighted by molar-refractivity contribution is 5.94. The minimum atomic E-state index is 0.0274. The Morgan fingerprint density at radius 3 is 2.48 bits per heavy atom. The van der Waals surface area contributed by atoms with E-state index in [1.165, 1.54) is 5.56 Å². The van der Waals surface area contributed by atoms with Crippen LogP contribution in [0.15, 0.2) is 67.0 Å². The van der Waals surface area contributed by atoms with E-state index in [0.29, 0.717) is 37.0 Å². The Morgan fingerprint density at radius 2 is 1.72 bits per heavy atom. The van der Waals surface area contributed by atoms with Gasteiger partial charge in [0.05, 0.1) is 0 Å². The van der Waals surface area contributed by atoms with Crippen LogP contribution < -0.4 is 9.64 Å². The first kappa shape index (κ1) is 18.9. The third kappa shape index (κ3) is 4.71. The van der Waals surface area contributed by atoms with E-state index in [-0.39, 0.29) is 5.91 Å². The Balaban J connectivity index is 1.36. The molecule has 0 N–H and O–H groups in total. The van der Waals surface area contributed by atoms with Gasteiger partial charge >= 0.3 is 0 Å². The molecular formula is C23H24N4O2. The maximum atomic E-state index is 12.9. The summed E-state index contributed by atoms with van der Waals surface area (Å²) in [6.45, 7) is 5.27. The van der Waals surface area contributed by atoms with Gasteiger partial charge in [0.25, 0.3) is 5.91 Å². The topological polar surface area (TPSA) is 58.6 Å². The predicted molar refractivity (Wildman–Crippen MR) is 112 cm³/mol. The number of carbonyl (C=O) groups is 1. The van der Waals surface area contributed by atoms with Gasteiger partial charge in [0.15, 0.2) is 0 Å². The molecule has 4 rings (SSSR count). The fraction of sp³-hybridized carbons (Fsp3) is 0.261. The summed E-state index contributed by atoms with van der Waals surface area (Å²) < 4.78 is 5.90. The van der Waals surface area contributed by atoms with Gasteiger partial charge in [0.2, 0.25) is 5.95 Å². The molecule has 0 unspecified atom stereocenters. The second kappa shape index (κ2) is 8.73. The van der Waals surface area contributed by atoms with E-state index in [2.05, 4.69) is 33.9 Å². The van der Waals surface area contributed by atoms with Crippen LogP contribution >= 0.6 is 0 Å². The minimum Gasteiger partial charge on any atom is -0.489 e. The Labute approximate surface area is 170 Å². The van der Waals surface area contributed by atoms with Crippen molar-refractivity contribution in [1.29, 1.82) is 0 Å². The van der Waals surface area contributed by atoms with Crippen molar-refractivity contribution in [2.45, 2.75) is 13.5 Å². The van der Waals surface area contributed by atoms with Gasteiger partial charge in [-0.2, -0.15) is 0 Å². The van der Waals surface area contributed by atoms with Crippen LogP contribution in [0.4, 0.5) is 5.95 Å². The number of piperazine rings is 1. The van der Waals surface area contributed by atoms with E-state index in [4.69, 9.17) is 4.74 Å². The molecule has 1 aromatic heterocycles. The summed E-state index contributed by atoms with van der Waals surface area (Å²) in [6.07, 6.45) is 3.48. The molecule has 29 heavy (non-hydrogen) atoms. The first-order valence-electron chi connectivity index (χ1n) is 9.79. The van der Waals surface area contributed by atoms with Gasteiger partial charge in [-0.15, -0.1) is 0 Å². The molecule has 0 bridgehead atoms. The van der Waals surface area contributed by atoms with Crippen molar-refractivity contribution in [3.63, 3.8) is 0 Å². The summed E-state index contributed by atoms with van der Waals surface area (Å²) in [5, 5.41) is 0. The minimum absolute atomic E-state index is 0.0274. The van der Waals surface area contributed by atoms with Crippen LogP contribution in [-0.4, -0.2) is 47.0 Å². The average Bonchev–Trinajstić information content (AvgIpc) is 2.78. The van der Waals surface area contributed by atoms with E-state index < -0.39 is 0 Å². The summed E-state index contributed by atoms with van der Waals surface area (Å²) in [7, 11) is 0. The summed E-state index contributed by atoms with van der Waals surface area (Å²) in [5.74, 6) is 1.44. The molecule has 6 heteroatoms. The number of benzene rings is 2. The van der Waals surface area contributed by atoms with Crippen LogP contribution in [0.25, 0.3) is 0 Å². The lowest BCUT2D eigenvalue weighted by Crippen LogP contribution is -2.49. The van der Waals surface area contributed by atoms with E-state index in [0.717, 1.165) is 18.7 Å². The van der Waals surface area contributed by atoms with Crippen molar-refractivity contribution in [3.8, 4) is 5.75 Å². The molecule has 0 atom stereocenters. The Morgan fingerprint density at radius 1 is 0.966 bits per heavy atom. The summed E-state index contributed by atoms with van der Waals surface area (Å²) in [4.78, 5) is 25.5. The van der Waals surface area contributed by atoms with Crippen molar-refractivity contribution in [3.05, 3.63) is 83.7 Å². The van der Waals surface area contributed by atoms with Crippen molar-refractivity contribution >= 4 is 11.9 Å². The zero-order valence-corrected chi connectivity index (χ0v) is 16.5. The van der Waals surface area contributed by atoms with Crippen LogP contribution in [0.3, 0.4) is 0 Å². The highest BCUT2D eigenvalue weighted by atomic mass is 16.5. The molecule has 2 heterocycles. The lowest BCUT2D eigenvalue weighted by molar-refractivity contribution is 0.0745. The van der Waals surface area contributed by atoms with Gasteiger partial charge in [0, 0.05) is 44.1 Å². The van der Waals surface area contributed by atoms with Gasteiger partial charge in [-0.1, -0.05) is 35.9 Å². The number of amides is 1. The van der Waals surface area contributed by atoms with Crippen molar-refractivity contribution in [1.82, 2.24) is 14.9 Å². The number of ether oxygens (including phenoxy) is 1. The zero-order valence-electron chi connectivity index (χ0n) is 16.5. The highest BCUT2D eigenvalue weighted by Crippen LogP contribution is 2.18. The first-order chi connectivity index (χ1) is 14.2. The van der Waals surface area contributed by atoms with Gasteiger partial charge in [-0.05, 0) is 36.8 Å². The van der Waals surface area contributed by atoms with Crippen LogP contribution in [-0.2, 0) is 6.61 Å². The number of aromatic nitrogens is 2. The van der Waals surface area contributed by atoms with E-state index in [1.807, 2.05) is 41.3 Å². The van der Waals surface area contributed by atoms with E-state index in [1.54, 1.807) is 18.5 Å². The number of rotatable bonds is 5. The quantitative estimate of drug-likeness (QED) is 0.671. The van der Waals surface area contributed by atoms with Crippen molar-refractivity contribution in [2.75, 3.05) is 31.1 Å². The summed E-state index contributed by atoms with van der Waals surface area (Å²) in [6, 6.07) is 17.4. The molecule has 6 nitrogen and oxygen atoms in total. The molecule has 1 fully saturated rings. The van der Waals surface area contributed by atoms with Crippen molar-refractivity contribution in [2.24, 2.45) is 0 Å². The molecule has 0 radical (unpaired) electrons. The van der Waals surface area contributed by atoms with Gasteiger partial charge in [-0.3, -0.25) is 4.79 Å². The number of anilines is 1. The average molecular weight is 388 g/mol. The van der Waals surface area contributed by atoms with Crippen molar-refractivity contribution < 1.29 is 9.53 Å². The maximum Gasteiger partial charge on any atom is 0.254 e. The third-order valence-electron chi connectivity index (χ3n) is 4.97. The number of nitrogens with zero attached hydrogens (tertiary/aromatic N) is 4. The first-order valence-corrected chi connectivity index (χ1v) is 9.79. The normalized spacial score (nSPS) is 14.0. The number of hydrogen-bond acceptors (Lipinski definition) is 5. The summed E-state index contributed by atoms with van der Waals surface area (Å²) in [5.41, 5.74) is 2.97. The lowest BCUT2D eigenvalue weighted by atomic mass is 10.1. The third-order valence-corrected chi connectivity index (χ3v) is 4.97. The Bertz CT molecular complexity index is 969. The van der Waals surface area contributed by atoms with Gasteiger partial charge < -0.3 is 14.5 Å². The second-order valence-electron chi connectivity index (χ2n) is 7.13. The molecule has 0 saturated carbocycles. The molecule has 1 aliphatic rings. The SMILES string of the molecule is Cc1cccc(COc2cccc(C(=O)N3CCN(c4ncccn4)CC3)c2)c1. The molecular weight excluding hydrogens is 364 g/mol. The van der Waals surface area contributed by atoms with Gasteiger partial charge in [-0.25, -0.2) is 9.97 Å². The molecule has 1 saturated heterocycles. The molecule has 1 aliphatic heterocycles. The number of hydrogen-bond donors (Lipinski definition) is 0. The molecule has 148 valence electrons. The second-order valence-corrected chi connectivity index (χ2v) is 7.13. The van der Waals surface area contributed by atoms with Crippen LogP contribution in [0.2, 0.25) is 0 Å². The summed E-state index contributed by atoms with van der Waals surface area (Å²) >= 11 is 0.